The lowest BCUT2D eigenvalue weighted by Gasteiger charge is -2.33. The van der Waals surface area contributed by atoms with E-state index in [0.29, 0.717) is 0 Å². The summed E-state index contributed by atoms with van der Waals surface area (Å²) in [6.45, 7) is 7.18. The zero-order valence-corrected chi connectivity index (χ0v) is 9.52. The number of halogens is 3. The maximum absolute atomic E-state index is 12.6. The van der Waals surface area contributed by atoms with Gasteiger partial charge in [-0.05, 0) is 33.2 Å². The first-order valence-corrected chi connectivity index (χ1v) is 4.95. The molecule has 0 saturated heterocycles. The second-order valence-electron chi connectivity index (χ2n) is 4.45. The zero-order chi connectivity index (χ0) is 11.5. The monoisotopic (exact) mass is 211 g/mol. The predicted octanol–water partition coefficient (Wildman–Crippen LogP) is 3.30. The highest BCUT2D eigenvalue weighted by molar-refractivity contribution is 4.79. The van der Waals surface area contributed by atoms with E-state index in [1.54, 1.807) is 13.8 Å². The van der Waals surface area contributed by atoms with Crippen molar-refractivity contribution in [3.05, 3.63) is 0 Å². The van der Waals surface area contributed by atoms with Crippen LogP contribution in [-0.4, -0.2) is 30.2 Å². The van der Waals surface area contributed by atoms with E-state index in [0.717, 1.165) is 0 Å². The van der Waals surface area contributed by atoms with Gasteiger partial charge in [0.05, 0.1) is 0 Å². The van der Waals surface area contributed by atoms with Crippen molar-refractivity contribution in [1.29, 1.82) is 0 Å². The first-order valence-electron chi connectivity index (χ1n) is 4.95. The van der Waals surface area contributed by atoms with E-state index in [1.165, 1.54) is 11.9 Å². The maximum Gasteiger partial charge on any atom is 0.404 e. The van der Waals surface area contributed by atoms with E-state index >= 15 is 0 Å². The van der Waals surface area contributed by atoms with Crippen molar-refractivity contribution in [2.75, 3.05) is 7.05 Å². The van der Waals surface area contributed by atoms with Gasteiger partial charge in [-0.2, -0.15) is 13.2 Å². The van der Waals surface area contributed by atoms with Gasteiger partial charge in [0, 0.05) is 6.04 Å². The minimum atomic E-state index is -4.12. The summed E-state index contributed by atoms with van der Waals surface area (Å²) in [6, 6.07) is -1.40. The predicted molar refractivity (Wildman–Crippen MR) is 52.2 cm³/mol. The molecule has 1 nitrogen and oxygen atoms in total. The number of hydrogen-bond acceptors (Lipinski definition) is 1. The van der Waals surface area contributed by atoms with Crippen LogP contribution in [0.3, 0.4) is 0 Å². The molecule has 0 heterocycles. The largest absolute Gasteiger partial charge is 0.404 e. The highest BCUT2D eigenvalue weighted by atomic mass is 19.4. The lowest BCUT2D eigenvalue weighted by Crippen LogP contribution is -2.47. The van der Waals surface area contributed by atoms with Gasteiger partial charge in [-0.1, -0.05) is 13.8 Å². The molecule has 0 aliphatic heterocycles. The molecule has 4 heteroatoms. The van der Waals surface area contributed by atoms with E-state index < -0.39 is 12.2 Å². The first-order chi connectivity index (χ1) is 6.16. The Morgan fingerprint density at radius 1 is 1.07 bits per heavy atom. The van der Waals surface area contributed by atoms with Crippen molar-refractivity contribution in [3.8, 4) is 0 Å². The summed E-state index contributed by atoms with van der Waals surface area (Å²) in [5.74, 6) is 0.0582. The number of nitrogens with zero attached hydrogens (tertiary/aromatic N) is 1. The van der Waals surface area contributed by atoms with Crippen molar-refractivity contribution >= 4 is 0 Å². The molecule has 86 valence electrons. The molecule has 0 aliphatic rings. The fourth-order valence-electron chi connectivity index (χ4n) is 1.34. The van der Waals surface area contributed by atoms with Gasteiger partial charge >= 0.3 is 6.18 Å². The van der Waals surface area contributed by atoms with Crippen LogP contribution in [0.2, 0.25) is 0 Å². The lowest BCUT2D eigenvalue weighted by molar-refractivity contribution is -0.188. The Morgan fingerprint density at radius 2 is 1.50 bits per heavy atom. The van der Waals surface area contributed by atoms with Gasteiger partial charge in [-0.3, -0.25) is 4.90 Å². The molecule has 0 amide bonds. The van der Waals surface area contributed by atoms with Crippen LogP contribution in [0.1, 0.15) is 34.1 Å². The quantitative estimate of drug-likeness (QED) is 0.689. The third kappa shape index (κ3) is 4.31. The topological polar surface area (TPSA) is 3.24 Å². The van der Waals surface area contributed by atoms with E-state index in [2.05, 4.69) is 0 Å². The van der Waals surface area contributed by atoms with E-state index in [4.69, 9.17) is 0 Å². The van der Waals surface area contributed by atoms with Gasteiger partial charge in [0.25, 0.3) is 0 Å². The zero-order valence-electron chi connectivity index (χ0n) is 9.52. The second kappa shape index (κ2) is 5.01. The van der Waals surface area contributed by atoms with Crippen molar-refractivity contribution in [1.82, 2.24) is 4.90 Å². The Hall–Kier alpha value is -0.250. The molecule has 0 aliphatic carbocycles. The molecular weight excluding hydrogens is 191 g/mol. The lowest BCUT2D eigenvalue weighted by atomic mass is 10.0. The van der Waals surface area contributed by atoms with Crippen LogP contribution in [0, 0.1) is 5.92 Å². The molecule has 0 aromatic rings. The van der Waals surface area contributed by atoms with Crippen LogP contribution < -0.4 is 0 Å². The van der Waals surface area contributed by atoms with Gasteiger partial charge in [-0.25, -0.2) is 0 Å². The van der Waals surface area contributed by atoms with Crippen LogP contribution in [0.25, 0.3) is 0 Å². The van der Waals surface area contributed by atoms with Gasteiger partial charge in [0.15, 0.2) is 0 Å². The minimum absolute atomic E-state index is 0.0582. The summed E-state index contributed by atoms with van der Waals surface area (Å²) in [6.07, 6.45) is -3.96. The van der Waals surface area contributed by atoms with E-state index in [9.17, 15) is 13.2 Å². The summed E-state index contributed by atoms with van der Waals surface area (Å²) in [7, 11) is 1.53. The SMILES string of the molecule is CC(C)CC(N(C)C(C)C)C(F)(F)F. The molecule has 0 radical (unpaired) electrons. The Balaban J connectivity index is 4.56. The van der Waals surface area contributed by atoms with Gasteiger partial charge < -0.3 is 0 Å². The smallest absolute Gasteiger partial charge is 0.293 e. The third-order valence-electron chi connectivity index (χ3n) is 2.38. The van der Waals surface area contributed by atoms with Crippen LogP contribution >= 0.6 is 0 Å². The fraction of sp³-hybridized carbons (Fsp3) is 1.00. The van der Waals surface area contributed by atoms with Crippen LogP contribution in [0.15, 0.2) is 0 Å². The van der Waals surface area contributed by atoms with Gasteiger partial charge in [0.2, 0.25) is 0 Å². The molecule has 0 N–H and O–H groups in total. The first kappa shape index (κ1) is 13.8. The normalized spacial score (nSPS) is 15.6. The van der Waals surface area contributed by atoms with Crippen LogP contribution in [0.4, 0.5) is 13.2 Å². The highest BCUT2D eigenvalue weighted by Crippen LogP contribution is 2.29. The molecule has 14 heavy (non-hydrogen) atoms. The molecule has 0 bridgehead atoms. The molecular formula is C10H20F3N. The summed E-state index contributed by atoms with van der Waals surface area (Å²) < 4.78 is 37.9. The van der Waals surface area contributed by atoms with E-state index in [1.807, 2.05) is 13.8 Å². The van der Waals surface area contributed by atoms with Crippen LogP contribution in [0.5, 0.6) is 0 Å². The number of rotatable bonds is 4. The summed E-state index contributed by atoms with van der Waals surface area (Å²) in [5.41, 5.74) is 0. The van der Waals surface area contributed by atoms with Crippen molar-refractivity contribution in [2.24, 2.45) is 5.92 Å². The standard InChI is InChI=1S/C10H20F3N/c1-7(2)6-9(10(11,12)13)14(5)8(3)4/h7-9H,6H2,1-5H3. The number of alkyl halides is 3. The molecule has 0 rings (SSSR count). The van der Waals surface area contributed by atoms with Crippen molar-refractivity contribution in [3.63, 3.8) is 0 Å². The molecule has 0 aromatic carbocycles. The number of hydrogen-bond donors (Lipinski definition) is 0. The van der Waals surface area contributed by atoms with Crippen molar-refractivity contribution < 1.29 is 13.2 Å². The molecule has 1 unspecified atom stereocenters. The Labute approximate surface area is 84.3 Å². The Morgan fingerprint density at radius 3 is 1.71 bits per heavy atom. The maximum atomic E-state index is 12.6. The van der Waals surface area contributed by atoms with E-state index in [-0.39, 0.29) is 18.4 Å². The Kier molecular flexibility index (Phi) is 4.92. The minimum Gasteiger partial charge on any atom is -0.293 e. The average molecular weight is 211 g/mol. The molecule has 0 aromatic heterocycles. The summed E-state index contributed by atoms with van der Waals surface area (Å²) in [5, 5.41) is 0. The second-order valence-corrected chi connectivity index (χ2v) is 4.45. The summed E-state index contributed by atoms with van der Waals surface area (Å²) >= 11 is 0. The van der Waals surface area contributed by atoms with Crippen molar-refractivity contribution in [2.45, 2.75) is 52.4 Å². The molecule has 0 fully saturated rings. The molecule has 0 spiro atoms. The third-order valence-corrected chi connectivity index (χ3v) is 2.38. The fourth-order valence-corrected chi connectivity index (χ4v) is 1.34. The van der Waals surface area contributed by atoms with Gasteiger partial charge in [-0.15, -0.1) is 0 Å². The Bertz CT molecular complexity index is 163. The highest BCUT2D eigenvalue weighted by Gasteiger charge is 2.42. The average Bonchev–Trinajstić information content (AvgIpc) is 1.96. The van der Waals surface area contributed by atoms with Gasteiger partial charge in [0.1, 0.15) is 6.04 Å². The molecule has 0 saturated carbocycles. The summed E-state index contributed by atoms with van der Waals surface area (Å²) in [4.78, 5) is 1.39. The molecule has 1 atom stereocenters. The van der Waals surface area contributed by atoms with Crippen LogP contribution in [-0.2, 0) is 0 Å².